The van der Waals surface area contributed by atoms with Gasteiger partial charge >= 0.3 is 0 Å². The Bertz CT molecular complexity index is 295. The summed E-state index contributed by atoms with van der Waals surface area (Å²) >= 11 is 8.55. The average molecular weight is 357 g/mol. The second-order valence-electron chi connectivity index (χ2n) is 3.81. The molecule has 2 N–H and O–H groups in total. The van der Waals surface area contributed by atoms with Crippen molar-refractivity contribution in [1.29, 1.82) is 0 Å². The molecule has 0 fully saturated rings. The molecule has 86 valence electrons. The number of hydrogen-bond acceptors (Lipinski definition) is 3. The Labute approximate surface area is 111 Å². The fourth-order valence-corrected chi connectivity index (χ4v) is 3.32. The third-order valence-electron chi connectivity index (χ3n) is 1.96. The van der Waals surface area contributed by atoms with E-state index in [2.05, 4.69) is 51.0 Å². The summed E-state index contributed by atoms with van der Waals surface area (Å²) in [6.07, 6.45) is 0. The molecule has 1 atom stereocenters. The minimum absolute atomic E-state index is 0.0417. The van der Waals surface area contributed by atoms with Crippen molar-refractivity contribution in [3.8, 4) is 0 Å². The Kier molecular flexibility index (Phi) is 5.77. The molecular formula is C10H15Br2NOS. The van der Waals surface area contributed by atoms with Gasteiger partial charge in [0.15, 0.2) is 0 Å². The van der Waals surface area contributed by atoms with Crippen LogP contribution in [0.2, 0.25) is 0 Å². The lowest BCUT2D eigenvalue weighted by Crippen LogP contribution is -2.27. The topological polar surface area (TPSA) is 32.3 Å². The van der Waals surface area contributed by atoms with E-state index in [1.807, 2.05) is 6.07 Å². The van der Waals surface area contributed by atoms with E-state index in [4.69, 9.17) is 0 Å². The molecule has 1 heterocycles. The first-order valence-electron chi connectivity index (χ1n) is 4.83. The molecular weight excluding hydrogens is 342 g/mol. The van der Waals surface area contributed by atoms with Crippen molar-refractivity contribution >= 4 is 43.2 Å². The SMILES string of the molecule is CC(C)CNC(CO)c1cc(Br)c(Br)s1. The lowest BCUT2D eigenvalue weighted by atomic mass is 10.2. The third-order valence-corrected chi connectivity index (χ3v) is 5.33. The highest BCUT2D eigenvalue weighted by molar-refractivity contribution is 9.13. The molecule has 0 saturated heterocycles. The van der Waals surface area contributed by atoms with Gasteiger partial charge in [0.25, 0.3) is 0 Å². The maximum Gasteiger partial charge on any atom is 0.0843 e. The molecule has 1 rings (SSSR count). The smallest absolute Gasteiger partial charge is 0.0843 e. The molecule has 1 unspecified atom stereocenters. The first-order valence-corrected chi connectivity index (χ1v) is 7.23. The zero-order chi connectivity index (χ0) is 11.4. The van der Waals surface area contributed by atoms with Crippen molar-refractivity contribution < 1.29 is 5.11 Å². The molecule has 2 nitrogen and oxygen atoms in total. The fraction of sp³-hybridized carbons (Fsp3) is 0.600. The highest BCUT2D eigenvalue weighted by Gasteiger charge is 2.14. The number of rotatable bonds is 5. The van der Waals surface area contributed by atoms with Crippen LogP contribution in [0.4, 0.5) is 0 Å². The van der Waals surface area contributed by atoms with Crippen molar-refractivity contribution in [2.24, 2.45) is 5.92 Å². The van der Waals surface area contributed by atoms with Gasteiger partial charge in [0.2, 0.25) is 0 Å². The predicted molar refractivity (Wildman–Crippen MR) is 72.4 cm³/mol. The summed E-state index contributed by atoms with van der Waals surface area (Å²) in [4.78, 5) is 1.15. The van der Waals surface area contributed by atoms with Crippen LogP contribution in [0.3, 0.4) is 0 Å². The molecule has 0 spiro atoms. The largest absolute Gasteiger partial charge is 0.394 e. The number of nitrogens with one attached hydrogen (secondary N) is 1. The maximum absolute atomic E-state index is 9.31. The summed E-state index contributed by atoms with van der Waals surface area (Å²) < 4.78 is 2.12. The average Bonchev–Trinajstić information content (AvgIpc) is 2.47. The summed E-state index contributed by atoms with van der Waals surface area (Å²) in [7, 11) is 0. The summed E-state index contributed by atoms with van der Waals surface area (Å²) in [5.74, 6) is 0.589. The van der Waals surface area contributed by atoms with E-state index in [1.54, 1.807) is 11.3 Å². The fourth-order valence-electron chi connectivity index (χ4n) is 1.17. The van der Waals surface area contributed by atoms with Crippen molar-refractivity contribution in [1.82, 2.24) is 5.32 Å². The monoisotopic (exact) mass is 355 g/mol. The Balaban J connectivity index is 2.65. The molecule has 0 aromatic carbocycles. The van der Waals surface area contributed by atoms with Crippen molar-refractivity contribution in [2.45, 2.75) is 19.9 Å². The van der Waals surface area contributed by atoms with Gasteiger partial charge in [0.05, 0.1) is 16.4 Å². The third kappa shape index (κ3) is 4.15. The maximum atomic E-state index is 9.31. The molecule has 0 bridgehead atoms. The Morgan fingerprint density at radius 1 is 1.47 bits per heavy atom. The normalized spacial score (nSPS) is 13.5. The molecule has 0 aliphatic rings. The van der Waals surface area contributed by atoms with Crippen LogP contribution in [0, 0.1) is 5.92 Å². The molecule has 5 heteroatoms. The summed E-state index contributed by atoms with van der Waals surface area (Å²) in [5, 5.41) is 12.7. The second kappa shape index (κ2) is 6.35. The van der Waals surface area contributed by atoms with E-state index in [-0.39, 0.29) is 12.6 Å². The lowest BCUT2D eigenvalue weighted by molar-refractivity contribution is 0.243. The highest BCUT2D eigenvalue weighted by atomic mass is 79.9. The number of aliphatic hydroxyl groups excluding tert-OH is 1. The minimum atomic E-state index is 0.0417. The van der Waals surface area contributed by atoms with Gasteiger partial charge in [0, 0.05) is 9.35 Å². The minimum Gasteiger partial charge on any atom is -0.394 e. The van der Waals surface area contributed by atoms with Gasteiger partial charge < -0.3 is 10.4 Å². The molecule has 0 aliphatic heterocycles. The highest BCUT2D eigenvalue weighted by Crippen LogP contribution is 2.35. The van der Waals surface area contributed by atoms with E-state index in [0.29, 0.717) is 5.92 Å². The molecule has 15 heavy (non-hydrogen) atoms. The lowest BCUT2D eigenvalue weighted by Gasteiger charge is -2.16. The molecule has 0 aliphatic carbocycles. The summed E-state index contributed by atoms with van der Waals surface area (Å²) in [6.45, 7) is 5.36. The first-order chi connectivity index (χ1) is 7.04. The number of thiophene rings is 1. The molecule has 1 aromatic rings. The van der Waals surface area contributed by atoms with Gasteiger partial charge in [-0.05, 0) is 50.4 Å². The van der Waals surface area contributed by atoms with Crippen LogP contribution in [0.5, 0.6) is 0 Å². The van der Waals surface area contributed by atoms with Crippen molar-refractivity contribution in [3.63, 3.8) is 0 Å². The van der Waals surface area contributed by atoms with Crippen LogP contribution in [-0.4, -0.2) is 18.3 Å². The van der Waals surface area contributed by atoms with E-state index >= 15 is 0 Å². The van der Waals surface area contributed by atoms with Crippen LogP contribution in [-0.2, 0) is 0 Å². The summed E-state index contributed by atoms with van der Waals surface area (Å²) in [5.41, 5.74) is 0. The number of hydrogen-bond donors (Lipinski definition) is 2. The van der Waals surface area contributed by atoms with Gasteiger partial charge in [-0.1, -0.05) is 13.8 Å². The van der Waals surface area contributed by atoms with Crippen molar-refractivity contribution in [2.75, 3.05) is 13.2 Å². The molecule has 0 radical (unpaired) electrons. The van der Waals surface area contributed by atoms with Gasteiger partial charge in [-0.15, -0.1) is 11.3 Å². The molecule has 1 aromatic heterocycles. The van der Waals surface area contributed by atoms with Crippen LogP contribution >= 0.6 is 43.2 Å². The number of aliphatic hydroxyl groups is 1. The summed E-state index contributed by atoms with van der Waals surface area (Å²) in [6, 6.07) is 2.09. The Morgan fingerprint density at radius 2 is 2.13 bits per heavy atom. The Hall–Kier alpha value is 0.580. The van der Waals surface area contributed by atoms with Gasteiger partial charge in [0.1, 0.15) is 0 Å². The van der Waals surface area contributed by atoms with Crippen LogP contribution in [0.1, 0.15) is 24.8 Å². The van der Waals surface area contributed by atoms with Gasteiger partial charge in [-0.25, -0.2) is 0 Å². The van der Waals surface area contributed by atoms with Crippen LogP contribution in [0.25, 0.3) is 0 Å². The van der Waals surface area contributed by atoms with E-state index in [0.717, 1.165) is 19.7 Å². The van der Waals surface area contributed by atoms with Gasteiger partial charge in [-0.2, -0.15) is 0 Å². The van der Waals surface area contributed by atoms with E-state index < -0.39 is 0 Å². The molecule has 0 saturated carbocycles. The zero-order valence-electron chi connectivity index (χ0n) is 8.76. The van der Waals surface area contributed by atoms with Crippen LogP contribution < -0.4 is 5.32 Å². The standard InChI is InChI=1S/C10H15Br2NOS/c1-6(2)4-13-8(5-14)9-3-7(11)10(12)15-9/h3,6,8,13-14H,4-5H2,1-2H3. The predicted octanol–water partition coefficient (Wildman–Crippen LogP) is 3.55. The quantitative estimate of drug-likeness (QED) is 0.845. The van der Waals surface area contributed by atoms with Crippen LogP contribution in [0.15, 0.2) is 14.3 Å². The van der Waals surface area contributed by atoms with Gasteiger partial charge in [-0.3, -0.25) is 0 Å². The van der Waals surface area contributed by atoms with Crippen molar-refractivity contribution in [3.05, 3.63) is 19.2 Å². The second-order valence-corrected chi connectivity index (χ2v) is 7.06. The Morgan fingerprint density at radius 3 is 2.53 bits per heavy atom. The van der Waals surface area contributed by atoms with E-state index in [9.17, 15) is 5.11 Å². The molecule has 0 amide bonds. The first kappa shape index (κ1) is 13.6. The number of halogens is 2. The van der Waals surface area contributed by atoms with E-state index in [1.165, 1.54) is 0 Å². The zero-order valence-corrected chi connectivity index (χ0v) is 12.7.